The lowest BCUT2D eigenvalue weighted by Crippen LogP contribution is -2.14. The number of rotatable bonds is 6. The fourth-order valence-corrected chi connectivity index (χ4v) is 3.78. The molecule has 0 saturated carbocycles. The minimum atomic E-state index is -0.176. The van der Waals surface area contributed by atoms with Crippen LogP contribution in [0, 0.1) is 0 Å². The molecule has 0 unspecified atom stereocenters. The topological polar surface area (TPSA) is 99.9 Å². The second kappa shape index (κ2) is 8.15. The van der Waals surface area contributed by atoms with Gasteiger partial charge in [-0.1, -0.05) is 23.9 Å². The molecule has 4 aromatic rings. The number of nitrogens with zero attached hydrogens (tertiary/aromatic N) is 4. The number of hydrogen-bond donors (Lipinski definition) is 1. The first kappa shape index (κ1) is 19.2. The smallest absolute Gasteiger partial charge is 0.234 e. The number of thioether (sulfide) groups is 1. The molecule has 9 nitrogen and oxygen atoms in total. The van der Waals surface area contributed by atoms with Crippen molar-refractivity contribution >= 4 is 29.0 Å². The molecule has 0 atom stereocenters. The third-order valence-corrected chi connectivity index (χ3v) is 5.51. The number of fused-ring (bicyclic) bond motifs is 2. The quantitative estimate of drug-likeness (QED) is 0.461. The summed E-state index contributed by atoms with van der Waals surface area (Å²) < 4.78 is 17.5. The summed E-state index contributed by atoms with van der Waals surface area (Å²) in [6, 6.07) is 16.6. The van der Waals surface area contributed by atoms with Crippen molar-refractivity contribution in [2.75, 3.05) is 25.0 Å². The standard InChI is InChI=1S/C21H17N5O4S/c1-28-15-4-2-3-13(9-15)16-6-8-19-23-24-21(26(19)25-16)31-11-20(27)22-14-5-7-17-18(10-14)30-12-29-17/h2-10H,11-12H2,1H3,(H,22,27). The lowest BCUT2D eigenvalue weighted by molar-refractivity contribution is -0.113. The molecule has 3 heterocycles. The number of ether oxygens (including phenoxy) is 3. The zero-order valence-electron chi connectivity index (χ0n) is 16.4. The number of carbonyl (C=O) groups is 1. The van der Waals surface area contributed by atoms with Crippen molar-refractivity contribution in [1.82, 2.24) is 19.8 Å². The van der Waals surface area contributed by atoms with Gasteiger partial charge >= 0.3 is 0 Å². The van der Waals surface area contributed by atoms with Crippen LogP contribution in [0.25, 0.3) is 16.9 Å². The number of hydrogen-bond acceptors (Lipinski definition) is 8. The Balaban J connectivity index is 1.30. The molecule has 5 rings (SSSR count). The van der Waals surface area contributed by atoms with E-state index in [4.69, 9.17) is 14.2 Å². The SMILES string of the molecule is COc1cccc(-c2ccc3nnc(SCC(=O)Nc4ccc5c(c4)OCO5)n3n2)c1. The van der Waals surface area contributed by atoms with E-state index in [0.717, 1.165) is 17.0 Å². The fraction of sp³-hybridized carbons (Fsp3) is 0.143. The van der Waals surface area contributed by atoms with E-state index in [2.05, 4.69) is 20.6 Å². The van der Waals surface area contributed by atoms with Gasteiger partial charge in [-0.05, 0) is 36.4 Å². The van der Waals surface area contributed by atoms with Crippen molar-refractivity contribution in [3.63, 3.8) is 0 Å². The minimum absolute atomic E-state index is 0.153. The number of nitrogens with one attached hydrogen (secondary N) is 1. The van der Waals surface area contributed by atoms with E-state index in [9.17, 15) is 4.79 Å². The number of aromatic nitrogens is 4. The average molecular weight is 435 g/mol. The zero-order chi connectivity index (χ0) is 21.2. The maximum absolute atomic E-state index is 12.4. The highest BCUT2D eigenvalue weighted by molar-refractivity contribution is 7.99. The van der Waals surface area contributed by atoms with Crippen LogP contribution in [0.15, 0.2) is 59.8 Å². The Morgan fingerprint density at radius 2 is 2.03 bits per heavy atom. The molecule has 1 aliphatic rings. The lowest BCUT2D eigenvalue weighted by atomic mass is 10.1. The van der Waals surface area contributed by atoms with Gasteiger partial charge < -0.3 is 19.5 Å². The molecule has 0 radical (unpaired) electrons. The van der Waals surface area contributed by atoms with Crippen LogP contribution in [-0.2, 0) is 4.79 Å². The molecular weight excluding hydrogens is 418 g/mol. The molecule has 0 fully saturated rings. The molecular formula is C21H17N5O4S. The Morgan fingerprint density at radius 1 is 1.13 bits per heavy atom. The summed E-state index contributed by atoms with van der Waals surface area (Å²) in [6.07, 6.45) is 0. The van der Waals surface area contributed by atoms with Gasteiger partial charge in [-0.2, -0.15) is 9.61 Å². The van der Waals surface area contributed by atoms with Gasteiger partial charge in [0.05, 0.1) is 18.6 Å². The normalized spacial score (nSPS) is 12.2. The molecule has 1 N–H and O–H groups in total. The van der Waals surface area contributed by atoms with Crippen molar-refractivity contribution < 1.29 is 19.0 Å². The van der Waals surface area contributed by atoms with E-state index in [1.165, 1.54) is 11.8 Å². The second-order valence-electron chi connectivity index (χ2n) is 6.61. The van der Waals surface area contributed by atoms with Crippen molar-refractivity contribution in [2.24, 2.45) is 0 Å². The Hall–Kier alpha value is -3.79. The van der Waals surface area contributed by atoms with Crippen LogP contribution in [0.2, 0.25) is 0 Å². The Morgan fingerprint density at radius 3 is 2.94 bits per heavy atom. The van der Waals surface area contributed by atoms with Crippen LogP contribution in [0.1, 0.15) is 0 Å². The van der Waals surface area contributed by atoms with Gasteiger partial charge in [-0.3, -0.25) is 4.79 Å². The number of methoxy groups -OCH3 is 1. The van der Waals surface area contributed by atoms with Crippen LogP contribution >= 0.6 is 11.8 Å². The maximum Gasteiger partial charge on any atom is 0.234 e. The van der Waals surface area contributed by atoms with E-state index in [1.807, 2.05) is 36.4 Å². The fourth-order valence-electron chi connectivity index (χ4n) is 3.10. The summed E-state index contributed by atoms with van der Waals surface area (Å²) in [5, 5.41) is 16.3. The number of carbonyl (C=O) groups excluding carboxylic acids is 1. The first-order chi connectivity index (χ1) is 15.2. The van der Waals surface area contributed by atoms with E-state index in [1.54, 1.807) is 29.8 Å². The maximum atomic E-state index is 12.4. The van der Waals surface area contributed by atoms with Crippen molar-refractivity contribution in [3.8, 4) is 28.5 Å². The van der Waals surface area contributed by atoms with Gasteiger partial charge in [0.1, 0.15) is 5.75 Å². The molecule has 31 heavy (non-hydrogen) atoms. The third-order valence-electron chi connectivity index (χ3n) is 4.59. The predicted octanol–water partition coefficient (Wildman–Crippen LogP) is 3.26. The first-order valence-electron chi connectivity index (χ1n) is 9.39. The van der Waals surface area contributed by atoms with E-state index >= 15 is 0 Å². The third kappa shape index (κ3) is 3.97. The highest BCUT2D eigenvalue weighted by Crippen LogP contribution is 2.34. The van der Waals surface area contributed by atoms with Crippen LogP contribution in [0.3, 0.4) is 0 Å². The summed E-state index contributed by atoms with van der Waals surface area (Å²) >= 11 is 1.26. The van der Waals surface area contributed by atoms with Crippen LogP contribution in [0.5, 0.6) is 17.2 Å². The summed E-state index contributed by atoms with van der Waals surface area (Å²) in [5.41, 5.74) is 2.90. The Kier molecular flexibility index (Phi) is 5.04. The molecule has 0 aliphatic carbocycles. The van der Waals surface area contributed by atoms with Crippen molar-refractivity contribution in [2.45, 2.75) is 5.16 Å². The van der Waals surface area contributed by atoms with Gasteiger partial charge in [0.25, 0.3) is 0 Å². The van der Waals surface area contributed by atoms with Crippen molar-refractivity contribution in [3.05, 3.63) is 54.6 Å². The van der Waals surface area contributed by atoms with Crippen LogP contribution in [0.4, 0.5) is 5.69 Å². The molecule has 2 aromatic carbocycles. The molecule has 0 spiro atoms. The van der Waals surface area contributed by atoms with E-state index in [0.29, 0.717) is 28.0 Å². The zero-order valence-corrected chi connectivity index (χ0v) is 17.3. The van der Waals surface area contributed by atoms with E-state index < -0.39 is 0 Å². The van der Waals surface area contributed by atoms with Gasteiger partial charge in [0.2, 0.25) is 17.9 Å². The molecule has 2 aromatic heterocycles. The van der Waals surface area contributed by atoms with Crippen molar-refractivity contribution in [1.29, 1.82) is 0 Å². The average Bonchev–Trinajstić information content (AvgIpc) is 3.43. The highest BCUT2D eigenvalue weighted by Gasteiger charge is 2.15. The van der Waals surface area contributed by atoms with Crippen LogP contribution < -0.4 is 19.5 Å². The highest BCUT2D eigenvalue weighted by atomic mass is 32.2. The number of anilines is 1. The van der Waals surface area contributed by atoms with Gasteiger partial charge in [-0.25, -0.2) is 0 Å². The molecule has 1 aliphatic heterocycles. The number of amides is 1. The summed E-state index contributed by atoms with van der Waals surface area (Å²) in [7, 11) is 1.62. The van der Waals surface area contributed by atoms with E-state index in [-0.39, 0.29) is 18.5 Å². The summed E-state index contributed by atoms with van der Waals surface area (Å²) in [6.45, 7) is 0.188. The summed E-state index contributed by atoms with van der Waals surface area (Å²) in [5.74, 6) is 2.01. The van der Waals surface area contributed by atoms with Gasteiger partial charge in [-0.15, -0.1) is 10.2 Å². The molecule has 1 amide bonds. The molecule has 0 saturated heterocycles. The first-order valence-corrected chi connectivity index (χ1v) is 10.4. The van der Waals surface area contributed by atoms with Gasteiger partial charge in [0, 0.05) is 17.3 Å². The van der Waals surface area contributed by atoms with Gasteiger partial charge in [0.15, 0.2) is 17.1 Å². The Bertz CT molecular complexity index is 1280. The molecule has 156 valence electrons. The summed E-state index contributed by atoms with van der Waals surface area (Å²) in [4.78, 5) is 12.4. The second-order valence-corrected chi connectivity index (χ2v) is 7.55. The lowest BCUT2D eigenvalue weighted by Gasteiger charge is -2.06. The predicted molar refractivity (Wildman–Crippen MR) is 115 cm³/mol. The molecule has 10 heteroatoms. The van der Waals surface area contributed by atoms with Crippen LogP contribution in [-0.4, -0.2) is 45.4 Å². The number of benzene rings is 2. The Labute approximate surface area is 181 Å². The monoisotopic (exact) mass is 435 g/mol. The molecule has 0 bridgehead atoms. The minimum Gasteiger partial charge on any atom is -0.497 e. The largest absolute Gasteiger partial charge is 0.497 e.